The van der Waals surface area contributed by atoms with Gasteiger partial charge >= 0.3 is 0 Å². The fourth-order valence-electron chi connectivity index (χ4n) is 2.49. The molecule has 21 heavy (non-hydrogen) atoms. The summed E-state index contributed by atoms with van der Waals surface area (Å²) in [5, 5.41) is 4.28. The third kappa shape index (κ3) is 3.82. The van der Waals surface area contributed by atoms with Crippen LogP contribution in [0.3, 0.4) is 0 Å². The Labute approximate surface area is 131 Å². The maximum atomic E-state index is 14.3. The van der Waals surface area contributed by atoms with E-state index in [-0.39, 0.29) is 5.82 Å². The maximum absolute atomic E-state index is 14.3. The van der Waals surface area contributed by atoms with Crippen molar-refractivity contribution in [3.8, 4) is 0 Å². The number of hydrogen-bond acceptors (Lipinski definition) is 3. The molecular weight excluding hydrogens is 283 g/mol. The number of thiophene rings is 1. The van der Waals surface area contributed by atoms with Crippen molar-refractivity contribution in [1.82, 2.24) is 10.2 Å². The molecular formula is C17H25FN2S. The van der Waals surface area contributed by atoms with Crippen molar-refractivity contribution in [2.45, 2.75) is 46.8 Å². The predicted octanol–water partition coefficient (Wildman–Crippen LogP) is 4.38. The quantitative estimate of drug-likeness (QED) is 0.816. The molecule has 0 aliphatic carbocycles. The Kier molecular flexibility index (Phi) is 5.73. The minimum Gasteiger partial charge on any atom is -0.310 e. The van der Waals surface area contributed by atoms with Crippen LogP contribution in [0.1, 0.15) is 38.1 Å². The molecule has 2 nitrogen and oxygen atoms in total. The van der Waals surface area contributed by atoms with E-state index in [0.717, 1.165) is 41.8 Å². The Morgan fingerprint density at radius 2 is 1.95 bits per heavy atom. The number of hydrogen-bond donors (Lipinski definition) is 1. The highest BCUT2D eigenvalue weighted by molar-refractivity contribution is 7.19. The molecule has 0 radical (unpaired) electrons. The van der Waals surface area contributed by atoms with Crippen molar-refractivity contribution in [3.05, 3.63) is 34.5 Å². The van der Waals surface area contributed by atoms with Crippen molar-refractivity contribution in [2.24, 2.45) is 0 Å². The standard InChI is InChI=1S/C17H25FN2S/c1-5-20(6-2)11-13-16(10-19-12(3)4)21-15-9-7-8-14(18)17(13)15/h7-9,12,19H,5-6,10-11H2,1-4H3. The first-order valence-corrected chi connectivity index (χ1v) is 8.52. The van der Waals surface area contributed by atoms with Gasteiger partial charge in [0.2, 0.25) is 0 Å². The summed E-state index contributed by atoms with van der Waals surface area (Å²) in [6.45, 7) is 12.2. The second-order valence-electron chi connectivity index (χ2n) is 5.61. The number of halogens is 1. The summed E-state index contributed by atoms with van der Waals surface area (Å²) in [6, 6.07) is 5.82. The Morgan fingerprint density at radius 3 is 2.57 bits per heavy atom. The van der Waals surface area contributed by atoms with Gasteiger partial charge in [-0.05, 0) is 30.8 Å². The fraction of sp³-hybridized carbons (Fsp3) is 0.529. The first-order chi connectivity index (χ1) is 10.1. The van der Waals surface area contributed by atoms with Gasteiger partial charge in [-0.1, -0.05) is 33.8 Å². The van der Waals surface area contributed by atoms with E-state index in [2.05, 4.69) is 37.9 Å². The number of nitrogens with zero attached hydrogens (tertiary/aromatic N) is 1. The zero-order valence-corrected chi connectivity index (χ0v) is 14.2. The van der Waals surface area contributed by atoms with Crippen molar-refractivity contribution in [1.29, 1.82) is 0 Å². The van der Waals surface area contributed by atoms with E-state index in [1.807, 2.05) is 6.07 Å². The molecule has 1 aromatic heterocycles. The van der Waals surface area contributed by atoms with Gasteiger partial charge in [0.25, 0.3) is 0 Å². The van der Waals surface area contributed by atoms with Gasteiger partial charge in [-0.25, -0.2) is 4.39 Å². The van der Waals surface area contributed by atoms with Crippen LogP contribution in [0.4, 0.5) is 4.39 Å². The zero-order valence-electron chi connectivity index (χ0n) is 13.4. The average molecular weight is 308 g/mol. The third-order valence-corrected chi connectivity index (χ3v) is 4.99. The third-order valence-electron chi connectivity index (χ3n) is 3.79. The van der Waals surface area contributed by atoms with E-state index in [4.69, 9.17) is 0 Å². The van der Waals surface area contributed by atoms with E-state index in [1.165, 1.54) is 4.88 Å². The van der Waals surface area contributed by atoms with Gasteiger partial charge in [-0.2, -0.15) is 0 Å². The van der Waals surface area contributed by atoms with Crippen molar-refractivity contribution >= 4 is 21.4 Å². The number of benzene rings is 1. The molecule has 4 heteroatoms. The highest BCUT2D eigenvalue weighted by Crippen LogP contribution is 2.34. The van der Waals surface area contributed by atoms with Gasteiger partial charge < -0.3 is 5.32 Å². The highest BCUT2D eigenvalue weighted by Gasteiger charge is 2.17. The Hall–Kier alpha value is -0.970. The lowest BCUT2D eigenvalue weighted by Gasteiger charge is -2.19. The summed E-state index contributed by atoms with van der Waals surface area (Å²) in [6.07, 6.45) is 0. The molecule has 0 unspecified atom stereocenters. The number of fused-ring (bicyclic) bond motifs is 1. The summed E-state index contributed by atoms with van der Waals surface area (Å²) in [5.41, 5.74) is 1.16. The van der Waals surface area contributed by atoms with Crippen LogP contribution < -0.4 is 5.32 Å². The van der Waals surface area contributed by atoms with Crippen LogP contribution in [0.2, 0.25) is 0 Å². The molecule has 2 rings (SSSR count). The molecule has 2 aromatic rings. The molecule has 1 aromatic carbocycles. The van der Waals surface area contributed by atoms with Crippen LogP contribution in [-0.2, 0) is 13.1 Å². The minimum absolute atomic E-state index is 0.0956. The van der Waals surface area contributed by atoms with E-state index < -0.39 is 0 Å². The summed E-state index contributed by atoms with van der Waals surface area (Å²) in [7, 11) is 0. The van der Waals surface area contributed by atoms with E-state index in [1.54, 1.807) is 23.5 Å². The SMILES string of the molecule is CCN(CC)Cc1c(CNC(C)C)sc2cccc(F)c12. The van der Waals surface area contributed by atoms with Gasteiger partial charge in [-0.15, -0.1) is 11.3 Å². The van der Waals surface area contributed by atoms with Gasteiger partial charge in [0.05, 0.1) is 0 Å². The lowest BCUT2D eigenvalue weighted by atomic mass is 10.1. The van der Waals surface area contributed by atoms with Crippen molar-refractivity contribution in [2.75, 3.05) is 13.1 Å². The van der Waals surface area contributed by atoms with Crippen LogP contribution in [-0.4, -0.2) is 24.0 Å². The topological polar surface area (TPSA) is 15.3 Å². The monoisotopic (exact) mass is 308 g/mol. The van der Waals surface area contributed by atoms with Crippen LogP contribution in [0, 0.1) is 5.82 Å². The van der Waals surface area contributed by atoms with Crippen LogP contribution >= 0.6 is 11.3 Å². The molecule has 116 valence electrons. The molecule has 1 N–H and O–H groups in total. The lowest BCUT2D eigenvalue weighted by Crippen LogP contribution is -2.25. The molecule has 0 amide bonds. The molecule has 0 bridgehead atoms. The van der Waals surface area contributed by atoms with E-state index in [0.29, 0.717) is 6.04 Å². The van der Waals surface area contributed by atoms with Crippen LogP contribution in [0.15, 0.2) is 18.2 Å². The Morgan fingerprint density at radius 1 is 1.24 bits per heavy atom. The molecule has 0 spiro atoms. The molecule has 0 saturated heterocycles. The second-order valence-corrected chi connectivity index (χ2v) is 6.75. The predicted molar refractivity (Wildman–Crippen MR) is 90.4 cm³/mol. The Balaban J connectivity index is 2.43. The first kappa shape index (κ1) is 16.4. The molecule has 0 aliphatic heterocycles. The minimum atomic E-state index is -0.0956. The molecule has 1 heterocycles. The highest BCUT2D eigenvalue weighted by atomic mass is 32.1. The molecule has 0 saturated carbocycles. The van der Waals surface area contributed by atoms with Gasteiger partial charge in [0, 0.05) is 34.1 Å². The summed E-state index contributed by atoms with van der Waals surface area (Å²) in [5.74, 6) is -0.0956. The van der Waals surface area contributed by atoms with Crippen LogP contribution in [0.5, 0.6) is 0 Å². The lowest BCUT2D eigenvalue weighted by molar-refractivity contribution is 0.296. The van der Waals surface area contributed by atoms with Gasteiger partial charge in [0.1, 0.15) is 5.82 Å². The largest absolute Gasteiger partial charge is 0.310 e. The molecule has 0 aliphatic rings. The zero-order chi connectivity index (χ0) is 15.4. The number of rotatable bonds is 7. The first-order valence-electron chi connectivity index (χ1n) is 7.71. The second kappa shape index (κ2) is 7.34. The number of nitrogens with one attached hydrogen (secondary N) is 1. The summed E-state index contributed by atoms with van der Waals surface area (Å²) in [4.78, 5) is 3.60. The normalized spacial score (nSPS) is 12.0. The van der Waals surface area contributed by atoms with Crippen molar-refractivity contribution < 1.29 is 4.39 Å². The summed E-state index contributed by atoms with van der Waals surface area (Å²) < 4.78 is 15.3. The maximum Gasteiger partial charge on any atom is 0.132 e. The van der Waals surface area contributed by atoms with E-state index >= 15 is 0 Å². The van der Waals surface area contributed by atoms with Crippen LogP contribution in [0.25, 0.3) is 10.1 Å². The van der Waals surface area contributed by atoms with Crippen molar-refractivity contribution in [3.63, 3.8) is 0 Å². The van der Waals surface area contributed by atoms with E-state index in [9.17, 15) is 4.39 Å². The Bertz CT molecular complexity index is 588. The van der Waals surface area contributed by atoms with Gasteiger partial charge in [-0.3, -0.25) is 4.90 Å². The molecule has 0 fully saturated rings. The fourth-order valence-corrected chi connectivity index (χ4v) is 3.67. The molecule has 0 atom stereocenters. The smallest absolute Gasteiger partial charge is 0.132 e. The average Bonchev–Trinajstić information content (AvgIpc) is 2.81. The van der Waals surface area contributed by atoms with Gasteiger partial charge in [0.15, 0.2) is 0 Å². The summed E-state index contributed by atoms with van der Waals surface area (Å²) >= 11 is 1.71.